The van der Waals surface area contributed by atoms with Gasteiger partial charge in [0.25, 0.3) is 0 Å². The van der Waals surface area contributed by atoms with E-state index in [9.17, 15) is 19.2 Å². The molecule has 0 aromatic rings. The molecule has 0 N–H and O–H groups in total. The van der Waals surface area contributed by atoms with Crippen molar-refractivity contribution in [1.82, 2.24) is 0 Å². The summed E-state index contributed by atoms with van der Waals surface area (Å²) in [6.45, 7) is 11.3. The molecule has 6 atom stereocenters. The van der Waals surface area contributed by atoms with Crippen LogP contribution in [0.2, 0.25) is 0 Å². The fourth-order valence-corrected chi connectivity index (χ4v) is 3.73. The first kappa shape index (κ1) is 29.8. The second-order valence-corrected chi connectivity index (χ2v) is 9.16. The van der Waals surface area contributed by atoms with E-state index in [1.165, 1.54) is 27.7 Å². The Morgan fingerprint density at radius 2 is 1.29 bits per heavy atom. The van der Waals surface area contributed by atoms with Gasteiger partial charge in [-0.15, -0.1) is 0 Å². The van der Waals surface area contributed by atoms with Crippen LogP contribution in [0.5, 0.6) is 0 Å². The normalized spacial score (nSPS) is 25.4. The standard InChI is InChI=1S/C24H40O10/c1-14(2)9-8-10-15(3)11-12-29-24-23(33-19(7)28)22(32-18(6)27)21(31-17(5)26)20(34-24)13-30-16(4)25/h14-15,20-24H,8-13H2,1-7H3. The Hall–Kier alpha value is -2.20. The summed E-state index contributed by atoms with van der Waals surface area (Å²) >= 11 is 0. The summed E-state index contributed by atoms with van der Waals surface area (Å²) in [5, 5.41) is 0. The number of carbonyl (C=O) groups is 4. The quantitative estimate of drug-likeness (QED) is 0.282. The number of carbonyl (C=O) groups excluding carboxylic acids is 4. The highest BCUT2D eigenvalue weighted by Crippen LogP contribution is 2.30. The van der Waals surface area contributed by atoms with Crippen LogP contribution in [0.3, 0.4) is 0 Å². The highest BCUT2D eigenvalue weighted by molar-refractivity contribution is 5.68. The highest BCUT2D eigenvalue weighted by atomic mass is 16.7. The number of hydrogen-bond donors (Lipinski definition) is 0. The molecule has 10 nitrogen and oxygen atoms in total. The molecule has 0 spiro atoms. The summed E-state index contributed by atoms with van der Waals surface area (Å²) in [5.74, 6) is -1.50. The Morgan fingerprint density at radius 3 is 1.82 bits per heavy atom. The van der Waals surface area contributed by atoms with Crippen LogP contribution in [0, 0.1) is 11.8 Å². The topological polar surface area (TPSA) is 124 Å². The average Bonchev–Trinajstić information content (AvgIpc) is 2.69. The molecule has 0 aromatic heterocycles. The predicted octanol–water partition coefficient (Wildman–Crippen LogP) is 2.94. The minimum atomic E-state index is -1.21. The van der Waals surface area contributed by atoms with Crippen molar-refractivity contribution in [3.63, 3.8) is 0 Å². The van der Waals surface area contributed by atoms with Gasteiger partial charge in [-0.3, -0.25) is 19.2 Å². The summed E-state index contributed by atoms with van der Waals surface area (Å²) in [6.07, 6.45) is -1.63. The molecule has 1 rings (SSSR count). The van der Waals surface area contributed by atoms with Gasteiger partial charge in [0.1, 0.15) is 12.7 Å². The molecule has 196 valence electrons. The van der Waals surface area contributed by atoms with Gasteiger partial charge in [0, 0.05) is 27.7 Å². The van der Waals surface area contributed by atoms with Crippen molar-refractivity contribution in [2.24, 2.45) is 11.8 Å². The largest absolute Gasteiger partial charge is 0.463 e. The van der Waals surface area contributed by atoms with Gasteiger partial charge in [0.05, 0.1) is 6.61 Å². The average molecular weight is 489 g/mol. The number of esters is 4. The lowest BCUT2D eigenvalue weighted by Gasteiger charge is -2.44. The summed E-state index contributed by atoms with van der Waals surface area (Å²) in [7, 11) is 0. The molecular weight excluding hydrogens is 448 g/mol. The highest BCUT2D eigenvalue weighted by Gasteiger charge is 2.52. The van der Waals surface area contributed by atoms with Gasteiger partial charge in [-0.05, 0) is 18.3 Å². The van der Waals surface area contributed by atoms with E-state index in [0.717, 1.165) is 25.7 Å². The van der Waals surface area contributed by atoms with Gasteiger partial charge >= 0.3 is 23.9 Å². The van der Waals surface area contributed by atoms with E-state index in [1.54, 1.807) is 0 Å². The number of rotatable bonds is 13. The Labute approximate surface area is 201 Å². The van der Waals surface area contributed by atoms with Crippen molar-refractivity contribution in [2.75, 3.05) is 13.2 Å². The molecule has 0 amide bonds. The first-order valence-electron chi connectivity index (χ1n) is 11.8. The molecule has 1 aliphatic heterocycles. The Bertz CT molecular complexity index is 677. The van der Waals surface area contributed by atoms with Crippen molar-refractivity contribution in [2.45, 2.75) is 105 Å². The Kier molecular flexibility index (Phi) is 13.1. The summed E-state index contributed by atoms with van der Waals surface area (Å²) in [6, 6.07) is 0. The predicted molar refractivity (Wildman–Crippen MR) is 120 cm³/mol. The maximum absolute atomic E-state index is 11.8. The maximum atomic E-state index is 11.8. The molecule has 0 saturated carbocycles. The first-order valence-corrected chi connectivity index (χ1v) is 11.8. The van der Waals surface area contributed by atoms with E-state index in [1.807, 2.05) is 0 Å². The Balaban J connectivity index is 3.03. The molecule has 0 aromatic carbocycles. The zero-order valence-electron chi connectivity index (χ0n) is 21.4. The van der Waals surface area contributed by atoms with E-state index in [0.29, 0.717) is 18.4 Å². The lowest BCUT2D eigenvalue weighted by Crippen LogP contribution is -2.63. The van der Waals surface area contributed by atoms with Crippen LogP contribution in [0.25, 0.3) is 0 Å². The van der Waals surface area contributed by atoms with Crippen LogP contribution in [0.15, 0.2) is 0 Å². The fourth-order valence-electron chi connectivity index (χ4n) is 3.73. The van der Waals surface area contributed by atoms with E-state index in [2.05, 4.69) is 20.8 Å². The zero-order valence-corrected chi connectivity index (χ0v) is 21.4. The molecule has 1 aliphatic rings. The number of hydrogen-bond acceptors (Lipinski definition) is 10. The van der Waals surface area contributed by atoms with Gasteiger partial charge in [0.2, 0.25) is 0 Å². The van der Waals surface area contributed by atoms with Crippen LogP contribution >= 0.6 is 0 Å². The van der Waals surface area contributed by atoms with Crippen molar-refractivity contribution in [3.8, 4) is 0 Å². The lowest BCUT2D eigenvalue weighted by atomic mass is 9.97. The molecule has 1 fully saturated rings. The third kappa shape index (κ3) is 11.3. The molecule has 34 heavy (non-hydrogen) atoms. The zero-order chi connectivity index (χ0) is 25.8. The van der Waals surface area contributed by atoms with Crippen LogP contribution in [0.4, 0.5) is 0 Å². The second kappa shape index (κ2) is 14.9. The summed E-state index contributed by atoms with van der Waals surface area (Å²) in [4.78, 5) is 46.8. The molecule has 0 bridgehead atoms. The molecule has 10 heteroatoms. The van der Waals surface area contributed by atoms with Gasteiger partial charge in [-0.2, -0.15) is 0 Å². The van der Waals surface area contributed by atoms with Gasteiger partial charge in [-0.1, -0.05) is 40.0 Å². The van der Waals surface area contributed by atoms with Crippen molar-refractivity contribution < 1.29 is 47.6 Å². The van der Waals surface area contributed by atoms with E-state index < -0.39 is 54.6 Å². The van der Waals surface area contributed by atoms with Crippen LogP contribution in [0.1, 0.15) is 74.1 Å². The van der Waals surface area contributed by atoms with E-state index in [-0.39, 0.29) is 6.61 Å². The van der Waals surface area contributed by atoms with E-state index >= 15 is 0 Å². The molecule has 0 aliphatic carbocycles. The van der Waals surface area contributed by atoms with Crippen LogP contribution < -0.4 is 0 Å². The van der Waals surface area contributed by atoms with Crippen LogP contribution in [-0.2, 0) is 47.6 Å². The molecule has 1 heterocycles. The van der Waals surface area contributed by atoms with Gasteiger partial charge in [-0.25, -0.2) is 0 Å². The van der Waals surface area contributed by atoms with Gasteiger partial charge in [0.15, 0.2) is 24.6 Å². The molecule has 1 saturated heterocycles. The van der Waals surface area contributed by atoms with Gasteiger partial charge < -0.3 is 28.4 Å². The smallest absolute Gasteiger partial charge is 0.303 e. The summed E-state index contributed by atoms with van der Waals surface area (Å²) < 4.78 is 33.0. The van der Waals surface area contributed by atoms with Crippen LogP contribution in [-0.4, -0.2) is 67.8 Å². The Morgan fingerprint density at radius 1 is 0.735 bits per heavy atom. The fraction of sp³-hybridized carbons (Fsp3) is 0.833. The monoisotopic (exact) mass is 488 g/mol. The lowest BCUT2D eigenvalue weighted by molar-refractivity contribution is -0.308. The second-order valence-electron chi connectivity index (χ2n) is 9.16. The SMILES string of the molecule is CC(=O)OCC1OC(OCCC(C)CCCC(C)C)C(OC(C)=O)C(OC(C)=O)C1OC(C)=O. The minimum absolute atomic E-state index is 0.275. The minimum Gasteiger partial charge on any atom is -0.463 e. The maximum Gasteiger partial charge on any atom is 0.303 e. The van der Waals surface area contributed by atoms with E-state index in [4.69, 9.17) is 28.4 Å². The first-order chi connectivity index (χ1) is 15.9. The molecule has 6 unspecified atom stereocenters. The van der Waals surface area contributed by atoms with Crippen molar-refractivity contribution >= 4 is 23.9 Å². The van der Waals surface area contributed by atoms with Crippen molar-refractivity contribution in [1.29, 1.82) is 0 Å². The number of ether oxygens (including phenoxy) is 6. The molecule has 0 radical (unpaired) electrons. The molecular formula is C24H40O10. The third-order valence-electron chi connectivity index (χ3n) is 5.32. The van der Waals surface area contributed by atoms with Crippen molar-refractivity contribution in [3.05, 3.63) is 0 Å². The summed E-state index contributed by atoms with van der Waals surface area (Å²) in [5.41, 5.74) is 0. The third-order valence-corrected chi connectivity index (χ3v) is 5.32.